The Hall–Kier alpha value is -0.820. The van der Waals surface area contributed by atoms with Crippen LogP contribution in [0.2, 0.25) is 0 Å². The molecular weight excluding hydrogens is 194 g/mol. The number of benzene rings is 1. The molecule has 0 radical (unpaired) electrons. The monoisotopic (exact) mass is 217 g/mol. The molecule has 1 aliphatic rings. The molecule has 0 saturated carbocycles. The molecule has 0 aliphatic heterocycles. The predicted molar refractivity (Wildman–Crippen MR) is 69.8 cm³/mol. The lowest BCUT2D eigenvalue weighted by Crippen LogP contribution is -2.16. The molecule has 0 aromatic heterocycles. The number of hydrogen-bond donors (Lipinski definition) is 1. The van der Waals surface area contributed by atoms with Gasteiger partial charge in [0.1, 0.15) is 0 Å². The van der Waals surface area contributed by atoms with E-state index in [0.29, 0.717) is 6.04 Å². The van der Waals surface area contributed by atoms with Gasteiger partial charge in [0.15, 0.2) is 0 Å². The Morgan fingerprint density at radius 2 is 2.06 bits per heavy atom. The maximum Gasteiger partial charge on any atom is 0.0317 e. The van der Waals surface area contributed by atoms with Gasteiger partial charge in [0.2, 0.25) is 0 Å². The standard InChI is InChI=1S/C15H23N/c1-3-4-8-15(16-2)14-10-9-12-6-5-7-13(12)11-14/h9-11,15-16H,3-8H2,1-2H3. The van der Waals surface area contributed by atoms with Crippen LogP contribution in [0.15, 0.2) is 18.2 Å². The molecule has 88 valence electrons. The fourth-order valence-corrected chi connectivity index (χ4v) is 2.69. The smallest absolute Gasteiger partial charge is 0.0317 e. The fraction of sp³-hybridized carbons (Fsp3) is 0.600. The van der Waals surface area contributed by atoms with Crippen LogP contribution in [-0.4, -0.2) is 7.05 Å². The van der Waals surface area contributed by atoms with Gasteiger partial charge in [-0.1, -0.05) is 38.0 Å². The van der Waals surface area contributed by atoms with Crippen molar-refractivity contribution in [1.82, 2.24) is 5.32 Å². The third-order valence-electron chi connectivity index (χ3n) is 3.72. The Balaban J connectivity index is 2.12. The highest BCUT2D eigenvalue weighted by atomic mass is 14.9. The van der Waals surface area contributed by atoms with Crippen molar-refractivity contribution in [2.45, 2.75) is 51.5 Å². The molecule has 1 aromatic rings. The molecule has 0 heterocycles. The highest BCUT2D eigenvalue weighted by Crippen LogP contribution is 2.27. The second-order valence-electron chi connectivity index (χ2n) is 4.87. The highest BCUT2D eigenvalue weighted by Gasteiger charge is 2.14. The number of rotatable bonds is 5. The molecule has 1 aromatic carbocycles. The van der Waals surface area contributed by atoms with E-state index in [1.165, 1.54) is 44.1 Å². The summed E-state index contributed by atoms with van der Waals surface area (Å²) in [5, 5.41) is 3.44. The van der Waals surface area contributed by atoms with E-state index in [1.54, 1.807) is 11.1 Å². The van der Waals surface area contributed by atoms with Gasteiger partial charge in [-0.2, -0.15) is 0 Å². The molecule has 0 amide bonds. The normalized spacial score (nSPS) is 16.1. The average molecular weight is 217 g/mol. The number of hydrogen-bond acceptors (Lipinski definition) is 1. The van der Waals surface area contributed by atoms with E-state index >= 15 is 0 Å². The lowest BCUT2D eigenvalue weighted by atomic mass is 9.97. The molecule has 0 bridgehead atoms. The summed E-state index contributed by atoms with van der Waals surface area (Å²) >= 11 is 0. The van der Waals surface area contributed by atoms with E-state index in [9.17, 15) is 0 Å². The first-order chi connectivity index (χ1) is 7.85. The SMILES string of the molecule is CCCCC(NC)c1ccc2c(c1)CCC2. The summed E-state index contributed by atoms with van der Waals surface area (Å²) in [6.07, 6.45) is 7.76. The zero-order valence-electron chi connectivity index (χ0n) is 10.6. The van der Waals surface area contributed by atoms with Crippen LogP contribution in [0.4, 0.5) is 0 Å². The second-order valence-corrected chi connectivity index (χ2v) is 4.87. The van der Waals surface area contributed by atoms with Gasteiger partial charge in [-0.3, -0.25) is 0 Å². The lowest BCUT2D eigenvalue weighted by Gasteiger charge is -2.17. The van der Waals surface area contributed by atoms with Crippen molar-refractivity contribution in [2.75, 3.05) is 7.05 Å². The minimum Gasteiger partial charge on any atom is -0.313 e. The van der Waals surface area contributed by atoms with Crippen LogP contribution < -0.4 is 5.32 Å². The van der Waals surface area contributed by atoms with Crippen molar-refractivity contribution >= 4 is 0 Å². The van der Waals surface area contributed by atoms with Gasteiger partial charge in [-0.25, -0.2) is 0 Å². The molecule has 0 fully saturated rings. The van der Waals surface area contributed by atoms with E-state index in [-0.39, 0.29) is 0 Å². The van der Waals surface area contributed by atoms with Crippen LogP contribution in [-0.2, 0) is 12.8 Å². The zero-order chi connectivity index (χ0) is 11.4. The number of nitrogens with one attached hydrogen (secondary N) is 1. The van der Waals surface area contributed by atoms with E-state index in [1.807, 2.05) is 0 Å². The number of fused-ring (bicyclic) bond motifs is 1. The van der Waals surface area contributed by atoms with Crippen molar-refractivity contribution in [3.05, 3.63) is 34.9 Å². The lowest BCUT2D eigenvalue weighted by molar-refractivity contribution is 0.522. The summed E-state index contributed by atoms with van der Waals surface area (Å²) in [5.74, 6) is 0. The summed E-state index contributed by atoms with van der Waals surface area (Å²) in [4.78, 5) is 0. The van der Waals surface area contributed by atoms with Gasteiger partial charge >= 0.3 is 0 Å². The number of unbranched alkanes of at least 4 members (excludes halogenated alkanes) is 1. The van der Waals surface area contributed by atoms with Crippen molar-refractivity contribution in [3.8, 4) is 0 Å². The van der Waals surface area contributed by atoms with E-state index < -0.39 is 0 Å². The summed E-state index contributed by atoms with van der Waals surface area (Å²) in [5.41, 5.74) is 4.65. The summed E-state index contributed by atoms with van der Waals surface area (Å²) in [7, 11) is 2.08. The molecule has 2 rings (SSSR count). The first-order valence-corrected chi connectivity index (χ1v) is 6.64. The highest BCUT2D eigenvalue weighted by molar-refractivity contribution is 5.36. The molecule has 1 unspecified atom stereocenters. The Morgan fingerprint density at radius 3 is 2.81 bits per heavy atom. The minimum absolute atomic E-state index is 0.547. The van der Waals surface area contributed by atoms with Crippen molar-refractivity contribution < 1.29 is 0 Å². The second kappa shape index (κ2) is 5.49. The van der Waals surface area contributed by atoms with Gasteiger partial charge in [0.05, 0.1) is 0 Å². The fourth-order valence-electron chi connectivity index (χ4n) is 2.69. The maximum absolute atomic E-state index is 3.44. The molecule has 1 atom stereocenters. The molecular formula is C15H23N. The average Bonchev–Trinajstić information content (AvgIpc) is 2.77. The van der Waals surface area contributed by atoms with Gasteiger partial charge in [0.25, 0.3) is 0 Å². The van der Waals surface area contributed by atoms with Gasteiger partial charge in [-0.05, 0) is 49.4 Å². The van der Waals surface area contributed by atoms with Gasteiger partial charge < -0.3 is 5.32 Å². The Labute approximate surface area is 99.3 Å². The van der Waals surface area contributed by atoms with Crippen LogP contribution in [0.3, 0.4) is 0 Å². The third kappa shape index (κ3) is 2.46. The van der Waals surface area contributed by atoms with Crippen LogP contribution in [0.25, 0.3) is 0 Å². The van der Waals surface area contributed by atoms with Crippen LogP contribution in [0.5, 0.6) is 0 Å². The summed E-state index contributed by atoms with van der Waals surface area (Å²) < 4.78 is 0. The van der Waals surface area contributed by atoms with Crippen molar-refractivity contribution in [1.29, 1.82) is 0 Å². The van der Waals surface area contributed by atoms with Crippen LogP contribution in [0.1, 0.15) is 55.3 Å². The maximum atomic E-state index is 3.44. The summed E-state index contributed by atoms with van der Waals surface area (Å²) in [6, 6.07) is 7.64. The Kier molecular flexibility index (Phi) is 4.00. The van der Waals surface area contributed by atoms with Crippen molar-refractivity contribution in [3.63, 3.8) is 0 Å². The predicted octanol–water partition coefficient (Wildman–Crippen LogP) is 3.63. The third-order valence-corrected chi connectivity index (χ3v) is 3.72. The summed E-state index contributed by atoms with van der Waals surface area (Å²) in [6.45, 7) is 2.26. The molecule has 1 N–H and O–H groups in total. The van der Waals surface area contributed by atoms with Gasteiger partial charge in [0, 0.05) is 6.04 Å². The molecule has 0 spiro atoms. The quantitative estimate of drug-likeness (QED) is 0.794. The van der Waals surface area contributed by atoms with Gasteiger partial charge in [-0.15, -0.1) is 0 Å². The van der Waals surface area contributed by atoms with E-state index in [4.69, 9.17) is 0 Å². The van der Waals surface area contributed by atoms with Crippen LogP contribution >= 0.6 is 0 Å². The molecule has 16 heavy (non-hydrogen) atoms. The Morgan fingerprint density at radius 1 is 1.25 bits per heavy atom. The van der Waals surface area contributed by atoms with E-state index in [0.717, 1.165) is 0 Å². The Bertz CT molecular complexity index is 343. The number of aryl methyl sites for hydroxylation is 2. The molecule has 1 nitrogen and oxygen atoms in total. The first-order valence-electron chi connectivity index (χ1n) is 6.64. The molecule has 0 saturated heterocycles. The minimum atomic E-state index is 0.547. The molecule has 1 aliphatic carbocycles. The molecule has 1 heteroatoms. The largest absolute Gasteiger partial charge is 0.313 e. The first kappa shape index (κ1) is 11.7. The van der Waals surface area contributed by atoms with E-state index in [2.05, 4.69) is 37.5 Å². The van der Waals surface area contributed by atoms with Crippen molar-refractivity contribution in [2.24, 2.45) is 0 Å². The van der Waals surface area contributed by atoms with Crippen LogP contribution in [0, 0.1) is 0 Å². The topological polar surface area (TPSA) is 12.0 Å². The zero-order valence-corrected chi connectivity index (χ0v) is 10.6.